The first-order chi connectivity index (χ1) is 16.5. The van der Waals surface area contributed by atoms with Crippen LogP contribution in [0.3, 0.4) is 0 Å². The summed E-state index contributed by atoms with van der Waals surface area (Å²) in [5, 5.41) is 1.45. The maximum Gasteiger partial charge on any atom is 0.210 e. The minimum Gasteiger partial charge on any atom is -0.497 e. The molecule has 34 heavy (non-hydrogen) atoms. The molecule has 6 nitrogen and oxygen atoms in total. The van der Waals surface area contributed by atoms with E-state index in [2.05, 4.69) is 14.8 Å². The lowest BCUT2D eigenvalue weighted by atomic mass is 10.1. The minimum atomic E-state index is -3.78. The molecule has 1 saturated heterocycles. The number of fused-ring (bicyclic) bond motifs is 1. The van der Waals surface area contributed by atoms with Crippen molar-refractivity contribution in [1.29, 1.82) is 0 Å². The fourth-order valence-electron chi connectivity index (χ4n) is 4.38. The Hall–Kier alpha value is -3.29. The van der Waals surface area contributed by atoms with Crippen molar-refractivity contribution >= 4 is 43.7 Å². The van der Waals surface area contributed by atoms with E-state index in [1.165, 1.54) is 6.20 Å². The van der Waals surface area contributed by atoms with Crippen molar-refractivity contribution in [2.45, 2.75) is 9.79 Å². The van der Waals surface area contributed by atoms with Crippen LogP contribution in [0.25, 0.3) is 10.9 Å². The van der Waals surface area contributed by atoms with Crippen LogP contribution in [0.4, 0.5) is 11.4 Å². The van der Waals surface area contributed by atoms with Crippen LogP contribution in [-0.2, 0) is 9.84 Å². The van der Waals surface area contributed by atoms with Gasteiger partial charge in [0, 0.05) is 48.5 Å². The second kappa shape index (κ2) is 9.16. The third-order valence-electron chi connectivity index (χ3n) is 6.13. The lowest BCUT2D eigenvalue weighted by Gasteiger charge is -2.38. The smallest absolute Gasteiger partial charge is 0.210 e. The van der Waals surface area contributed by atoms with E-state index in [1.54, 1.807) is 37.4 Å². The van der Waals surface area contributed by atoms with E-state index in [9.17, 15) is 8.42 Å². The number of anilines is 2. The molecule has 0 saturated carbocycles. The van der Waals surface area contributed by atoms with Gasteiger partial charge in [-0.25, -0.2) is 8.42 Å². The van der Waals surface area contributed by atoms with Gasteiger partial charge in [-0.2, -0.15) is 0 Å². The van der Waals surface area contributed by atoms with E-state index in [0.29, 0.717) is 29.5 Å². The van der Waals surface area contributed by atoms with Crippen LogP contribution in [0, 0.1) is 0 Å². The summed E-state index contributed by atoms with van der Waals surface area (Å²) < 4.78 is 32.8. The predicted molar refractivity (Wildman–Crippen MR) is 136 cm³/mol. The SMILES string of the molecule is COc1ccc2ncc(S(=O)(=O)c3ccccc3)c(N3CCN(c4cccc(Cl)c4)CC3)c2c1. The number of benzene rings is 3. The van der Waals surface area contributed by atoms with E-state index in [0.717, 1.165) is 29.7 Å². The lowest BCUT2D eigenvalue weighted by Crippen LogP contribution is -2.47. The monoisotopic (exact) mass is 493 g/mol. The van der Waals surface area contributed by atoms with Crippen LogP contribution >= 0.6 is 11.6 Å². The van der Waals surface area contributed by atoms with Crippen molar-refractivity contribution in [1.82, 2.24) is 4.98 Å². The molecule has 5 rings (SSSR count). The van der Waals surface area contributed by atoms with Crippen molar-refractivity contribution in [3.8, 4) is 5.75 Å². The van der Waals surface area contributed by atoms with Crippen molar-refractivity contribution in [2.24, 2.45) is 0 Å². The summed E-state index contributed by atoms with van der Waals surface area (Å²) in [6.45, 7) is 2.78. The Morgan fingerprint density at radius 1 is 0.882 bits per heavy atom. The number of nitrogens with zero attached hydrogens (tertiary/aromatic N) is 3. The maximum atomic E-state index is 13.7. The molecule has 0 N–H and O–H groups in total. The average Bonchev–Trinajstić information content (AvgIpc) is 2.88. The molecular weight excluding hydrogens is 470 g/mol. The van der Waals surface area contributed by atoms with Crippen LogP contribution in [0.1, 0.15) is 0 Å². The van der Waals surface area contributed by atoms with Crippen LogP contribution in [0.5, 0.6) is 5.75 Å². The van der Waals surface area contributed by atoms with E-state index in [4.69, 9.17) is 16.3 Å². The number of piperazine rings is 1. The van der Waals surface area contributed by atoms with Gasteiger partial charge in [-0.15, -0.1) is 0 Å². The van der Waals surface area contributed by atoms with Crippen LogP contribution < -0.4 is 14.5 Å². The molecule has 3 aromatic carbocycles. The molecule has 174 valence electrons. The van der Waals surface area contributed by atoms with Gasteiger partial charge in [0.2, 0.25) is 9.84 Å². The number of halogens is 1. The van der Waals surface area contributed by atoms with Gasteiger partial charge < -0.3 is 14.5 Å². The Bertz CT molecular complexity index is 1440. The predicted octanol–water partition coefficient (Wildman–Crippen LogP) is 5.06. The van der Waals surface area contributed by atoms with E-state index in [-0.39, 0.29) is 9.79 Å². The zero-order chi connectivity index (χ0) is 23.7. The number of hydrogen-bond donors (Lipinski definition) is 0. The highest BCUT2D eigenvalue weighted by Crippen LogP contribution is 2.38. The standard InChI is InChI=1S/C26H24ClN3O3S/c1-33-21-10-11-24-23(17-21)26(25(18-28-24)34(31,32)22-8-3-2-4-9-22)30-14-12-29(13-15-30)20-7-5-6-19(27)16-20/h2-11,16-18H,12-15H2,1H3. The molecule has 0 bridgehead atoms. The van der Waals surface area contributed by atoms with Gasteiger partial charge in [0.05, 0.1) is 23.2 Å². The summed E-state index contributed by atoms with van der Waals surface area (Å²) in [4.78, 5) is 9.34. The minimum absolute atomic E-state index is 0.204. The van der Waals surface area contributed by atoms with Crippen molar-refractivity contribution in [2.75, 3.05) is 43.1 Å². The summed E-state index contributed by atoms with van der Waals surface area (Å²) in [7, 11) is -2.18. The van der Waals surface area contributed by atoms with Gasteiger partial charge in [-0.1, -0.05) is 35.9 Å². The maximum absolute atomic E-state index is 13.7. The molecule has 0 aliphatic carbocycles. The third kappa shape index (κ3) is 4.17. The molecule has 2 heterocycles. The number of methoxy groups -OCH3 is 1. The molecule has 0 amide bonds. The molecule has 1 fully saturated rings. The van der Waals surface area contributed by atoms with Gasteiger partial charge in [-0.05, 0) is 48.5 Å². The zero-order valence-electron chi connectivity index (χ0n) is 18.7. The second-order valence-corrected chi connectivity index (χ2v) is 10.5. The summed E-state index contributed by atoms with van der Waals surface area (Å²) in [5.41, 5.74) is 2.45. The highest BCUT2D eigenvalue weighted by atomic mass is 35.5. The average molecular weight is 494 g/mol. The first-order valence-corrected chi connectivity index (χ1v) is 12.9. The lowest BCUT2D eigenvalue weighted by molar-refractivity contribution is 0.415. The summed E-state index contributed by atoms with van der Waals surface area (Å²) >= 11 is 6.19. The quantitative estimate of drug-likeness (QED) is 0.387. The molecule has 1 aliphatic rings. The zero-order valence-corrected chi connectivity index (χ0v) is 20.3. The molecular formula is C26H24ClN3O3S. The Morgan fingerprint density at radius 2 is 1.62 bits per heavy atom. The van der Waals surface area contributed by atoms with Crippen molar-refractivity contribution < 1.29 is 13.2 Å². The summed E-state index contributed by atoms with van der Waals surface area (Å²) in [6, 6.07) is 21.9. The van der Waals surface area contributed by atoms with E-state index < -0.39 is 9.84 Å². The fourth-order valence-corrected chi connectivity index (χ4v) is 6.02. The second-order valence-electron chi connectivity index (χ2n) is 8.12. The molecule has 8 heteroatoms. The Kier molecular flexibility index (Phi) is 6.06. The molecule has 1 aromatic heterocycles. The molecule has 1 aliphatic heterocycles. The highest BCUT2D eigenvalue weighted by molar-refractivity contribution is 7.91. The van der Waals surface area contributed by atoms with Crippen molar-refractivity contribution in [3.63, 3.8) is 0 Å². The van der Waals surface area contributed by atoms with Gasteiger partial charge in [0.15, 0.2) is 0 Å². The largest absolute Gasteiger partial charge is 0.497 e. The number of hydrogen-bond acceptors (Lipinski definition) is 6. The van der Waals surface area contributed by atoms with E-state index >= 15 is 0 Å². The molecule has 0 radical (unpaired) electrons. The highest BCUT2D eigenvalue weighted by Gasteiger charge is 2.29. The first kappa shape index (κ1) is 22.5. The number of rotatable bonds is 5. The number of sulfone groups is 1. The van der Waals surface area contributed by atoms with Gasteiger partial charge in [0.1, 0.15) is 10.6 Å². The molecule has 0 unspecified atom stereocenters. The summed E-state index contributed by atoms with van der Waals surface area (Å²) in [5.74, 6) is 0.655. The van der Waals surface area contributed by atoms with Gasteiger partial charge >= 0.3 is 0 Å². The molecule has 0 spiro atoms. The topological polar surface area (TPSA) is 62.7 Å². The van der Waals surface area contributed by atoms with Crippen LogP contribution in [0.15, 0.2) is 88.8 Å². The number of ether oxygens (including phenoxy) is 1. The Morgan fingerprint density at radius 3 is 2.32 bits per heavy atom. The third-order valence-corrected chi connectivity index (χ3v) is 8.13. The number of aromatic nitrogens is 1. The summed E-state index contributed by atoms with van der Waals surface area (Å²) in [6.07, 6.45) is 1.48. The molecule has 0 atom stereocenters. The van der Waals surface area contributed by atoms with E-state index in [1.807, 2.05) is 42.5 Å². The van der Waals surface area contributed by atoms with Gasteiger partial charge in [0.25, 0.3) is 0 Å². The first-order valence-electron chi connectivity index (χ1n) is 11.0. The normalized spacial score (nSPS) is 14.4. The van der Waals surface area contributed by atoms with Gasteiger partial charge in [-0.3, -0.25) is 4.98 Å². The van der Waals surface area contributed by atoms with Crippen LogP contribution in [0.2, 0.25) is 5.02 Å². The fraction of sp³-hybridized carbons (Fsp3) is 0.192. The van der Waals surface area contributed by atoms with Crippen LogP contribution in [-0.4, -0.2) is 46.7 Å². The van der Waals surface area contributed by atoms with Crippen molar-refractivity contribution in [3.05, 3.63) is 84.0 Å². The molecule has 4 aromatic rings. The Balaban J connectivity index is 1.59. The Labute approximate surface area is 204 Å². The number of pyridine rings is 1.